The second-order valence-corrected chi connectivity index (χ2v) is 5.51. The molecule has 0 atom stereocenters. The van der Waals surface area contributed by atoms with E-state index in [1.807, 2.05) is 13.8 Å². The van der Waals surface area contributed by atoms with Gasteiger partial charge in [-0.15, -0.1) is 0 Å². The van der Waals surface area contributed by atoms with Crippen LogP contribution in [-0.2, 0) is 14.3 Å². The van der Waals surface area contributed by atoms with Crippen molar-refractivity contribution in [3.63, 3.8) is 0 Å². The number of nitro benzene ring substituents is 1. The van der Waals surface area contributed by atoms with E-state index in [-0.39, 0.29) is 23.2 Å². The normalized spacial score (nSPS) is 10.8. The van der Waals surface area contributed by atoms with Gasteiger partial charge in [0.1, 0.15) is 5.02 Å². The standard InChI is InChI=1S/C15H17ClN2O5/c1-10(2)8-17-14(19)9-23-15(20)6-4-11-3-5-12(16)13(7-11)18(21)22/h3-7,10H,8-9H2,1-2H3,(H,17,19)/b6-4+. The van der Waals surface area contributed by atoms with E-state index in [9.17, 15) is 19.7 Å². The number of amides is 1. The molecule has 23 heavy (non-hydrogen) atoms. The molecule has 0 aromatic heterocycles. The SMILES string of the molecule is CC(C)CNC(=O)COC(=O)/C=C/c1ccc(Cl)c([N+](=O)[O-])c1. The van der Waals surface area contributed by atoms with Crippen LogP contribution in [0.2, 0.25) is 5.02 Å². The van der Waals surface area contributed by atoms with Crippen LogP contribution in [-0.4, -0.2) is 30.0 Å². The summed E-state index contributed by atoms with van der Waals surface area (Å²) in [5.41, 5.74) is 0.164. The summed E-state index contributed by atoms with van der Waals surface area (Å²) < 4.78 is 4.76. The van der Waals surface area contributed by atoms with E-state index < -0.39 is 10.9 Å². The number of nitrogens with one attached hydrogen (secondary N) is 1. The van der Waals surface area contributed by atoms with Crippen LogP contribution in [0.3, 0.4) is 0 Å². The smallest absolute Gasteiger partial charge is 0.331 e. The van der Waals surface area contributed by atoms with Crippen molar-refractivity contribution in [1.82, 2.24) is 5.32 Å². The Hall–Kier alpha value is -2.41. The van der Waals surface area contributed by atoms with E-state index in [2.05, 4.69) is 5.32 Å². The molecule has 0 heterocycles. The molecule has 1 aromatic carbocycles. The second kappa shape index (κ2) is 8.89. The van der Waals surface area contributed by atoms with E-state index in [0.29, 0.717) is 18.0 Å². The monoisotopic (exact) mass is 340 g/mol. The Kier molecular flexibility index (Phi) is 7.21. The fraction of sp³-hybridized carbons (Fsp3) is 0.333. The molecule has 0 saturated heterocycles. The van der Waals surface area contributed by atoms with Crippen LogP contribution in [0.15, 0.2) is 24.3 Å². The first kappa shape index (κ1) is 18.6. The lowest BCUT2D eigenvalue weighted by Gasteiger charge is -2.07. The van der Waals surface area contributed by atoms with Crippen LogP contribution in [0.25, 0.3) is 6.08 Å². The number of benzene rings is 1. The number of esters is 1. The summed E-state index contributed by atoms with van der Waals surface area (Å²) in [5.74, 6) is -0.805. The summed E-state index contributed by atoms with van der Waals surface area (Å²) in [6.07, 6.45) is 2.43. The number of hydrogen-bond donors (Lipinski definition) is 1. The molecule has 1 rings (SSSR count). The maximum Gasteiger partial charge on any atom is 0.331 e. The Morgan fingerprint density at radius 1 is 1.43 bits per heavy atom. The van der Waals surface area contributed by atoms with Gasteiger partial charge in [-0.3, -0.25) is 14.9 Å². The van der Waals surface area contributed by atoms with Crippen molar-refractivity contribution in [3.05, 3.63) is 45.0 Å². The predicted molar refractivity (Wildman–Crippen MR) is 85.9 cm³/mol. The van der Waals surface area contributed by atoms with Gasteiger partial charge in [0, 0.05) is 18.7 Å². The first-order chi connectivity index (χ1) is 10.8. The van der Waals surface area contributed by atoms with Gasteiger partial charge in [0.05, 0.1) is 4.92 Å². The first-order valence-corrected chi connectivity index (χ1v) is 7.23. The molecule has 1 aromatic rings. The Labute approximate surface area is 138 Å². The highest BCUT2D eigenvalue weighted by atomic mass is 35.5. The van der Waals surface area contributed by atoms with Crippen molar-refractivity contribution < 1.29 is 19.2 Å². The average Bonchev–Trinajstić information content (AvgIpc) is 2.49. The molecule has 8 heteroatoms. The van der Waals surface area contributed by atoms with E-state index >= 15 is 0 Å². The fourth-order valence-corrected chi connectivity index (χ4v) is 1.68. The van der Waals surface area contributed by atoms with Crippen LogP contribution >= 0.6 is 11.6 Å². The van der Waals surface area contributed by atoms with Crippen molar-refractivity contribution in [2.24, 2.45) is 5.92 Å². The Morgan fingerprint density at radius 2 is 2.13 bits per heavy atom. The predicted octanol–water partition coefficient (Wildman–Crippen LogP) is 2.58. The minimum atomic E-state index is -0.720. The molecule has 0 saturated carbocycles. The molecule has 0 fully saturated rings. The number of nitro groups is 1. The van der Waals surface area contributed by atoms with Gasteiger partial charge in [0.25, 0.3) is 11.6 Å². The Bertz CT molecular complexity index is 628. The lowest BCUT2D eigenvalue weighted by atomic mass is 10.2. The molecule has 7 nitrogen and oxygen atoms in total. The zero-order valence-corrected chi connectivity index (χ0v) is 13.5. The minimum absolute atomic E-state index is 0.0107. The quantitative estimate of drug-likeness (QED) is 0.356. The molecular formula is C15H17ClN2O5. The number of hydrogen-bond acceptors (Lipinski definition) is 5. The van der Waals surface area contributed by atoms with Gasteiger partial charge in [-0.05, 0) is 23.6 Å². The highest BCUT2D eigenvalue weighted by molar-refractivity contribution is 6.32. The van der Waals surface area contributed by atoms with Crippen molar-refractivity contribution in [1.29, 1.82) is 0 Å². The summed E-state index contributed by atoms with van der Waals surface area (Å²) in [6, 6.07) is 4.12. The van der Waals surface area contributed by atoms with Crippen molar-refractivity contribution in [2.75, 3.05) is 13.2 Å². The lowest BCUT2D eigenvalue weighted by Crippen LogP contribution is -2.31. The van der Waals surface area contributed by atoms with Crippen LogP contribution in [0.1, 0.15) is 19.4 Å². The van der Waals surface area contributed by atoms with Crippen LogP contribution < -0.4 is 5.32 Å². The number of nitrogens with zero attached hydrogens (tertiary/aromatic N) is 1. The van der Waals surface area contributed by atoms with Crippen LogP contribution in [0.5, 0.6) is 0 Å². The van der Waals surface area contributed by atoms with E-state index in [1.165, 1.54) is 24.3 Å². The van der Waals surface area contributed by atoms with E-state index in [4.69, 9.17) is 16.3 Å². The molecular weight excluding hydrogens is 324 g/mol. The molecule has 0 spiro atoms. The number of carbonyl (C=O) groups is 2. The Morgan fingerprint density at radius 3 is 2.74 bits per heavy atom. The minimum Gasteiger partial charge on any atom is -0.452 e. The summed E-state index contributed by atoms with van der Waals surface area (Å²) in [5, 5.41) is 13.4. The third kappa shape index (κ3) is 6.92. The summed E-state index contributed by atoms with van der Waals surface area (Å²) in [4.78, 5) is 33.0. The maximum absolute atomic E-state index is 11.5. The van der Waals surface area contributed by atoms with Gasteiger partial charge < -0.3 is 10.1 Å². The van der Waals surface area contributed by atoms with Gasteiger partial charge in [-0.25, -0.2) is 4.79 Å². The zero-order chi connectivity index (χ0) is 17.4. The van der Waals surface area contributed by atoms with Gasteiger partial charge >= 0.3 is 5.97 Å². The fourth-order valence-electron chi connectivity index (χ4n) is 1.49. The maximum atomic E-state index is 11.5. The van der Waals surface area contributed by atoms with Crippen molar-refractivity contribution in [3.8, 4) is 0 Å². The topological polar surface area (TPSA) is 98.5 Å². The summed E-state index contributed by atoms with van der Waals surface area (Å²) in [6.45, 7) is 4.01. The summed E-state index contributed by atoms with van der Waals surface area (Å²) in [7, 11) is 0. The number of halogens is 1. The van der Waals surface area contributed by atoms with Crippen molar-refractivity contribution in [2.45, 2.75) is 13.8 Å². The molecule has 0 aliphatic heterocycles. The number of ether oxygens (including phenoxy) is 1. The second-order valence-electron chi connectivity index (χ2n) is 5.11. The third-order valence-electron chi connectivity index (χ3n) is 2.63. The largest absolute Gasteiger partial charge is 0.452 e. The van der Waals surface area contributed by atoms with Gasteiger partial charge in [0.15, 0.2) is 6.61 Å². The number of carbonyl (C=O) groups excluding carboxylic acids is 2. The molecule has 0 bridgehead atoms. The van der Waals surface area contributed by atoms with Gasteiger partial charge in [0.2, 0.25) is 0 Å². The van der Waals surface area contributed by atoms with Gasteiger partial charge in [-0.1, -0.05) is 31.5 Å². The molecule has 1 N–H and O–H groups in total. The first-order valence-electron chi connectivity index (χ1n) is 6.85. The molecule has 1 amide bonds. The Balaban J connectivity index is 2.54. The molecule has 0 aliphatic carbocycles. The van der Waals surface area contributed by atoms with Crippen LogP contribution in [0, 0.1) is 16.0 Å². The third-order valence-corrected chi connectivity index (χ3v) is 2.95. The van der Waals surface area contributed by atoms with Crippen LogP contribution in [0.4, 0.5) is 5.69 Å². The highest BCUT2D eigenvalue weighted by Gasteiger charge is 2.12. The molecule has 0 radical (unpaired) electrons. The molecule has 124 valence electrons. The average molecular weight is 341 g/mol. The molecule has 0 aliphatic rings. The summed E-state index contributed by atoms with van der Waals surface area (Å²) >= 11 is 5.69. The highest BCUT2D eigenvalue weighted by Crippen LogP contribution is 2.25. The zero-order valence-electron chi connectivity index (χ0n) is 12.7. The number of rotatable bonds is 7. The molecule has 0 unspecified atom stereocenters. The lowest BCUT2D eigenvalue weighted by molar-refractivity contribution is -0.384. The van der Waals surface area contributed by atoms with E-state index in [1.54, 1.807) is 0 Å². The van der Waals surface area contributed by atoms with Gasteiger partial charge in [-0.2, -0.15) is 0 Å². The van der Waals surface area contributed by atoms with Crippen molar-refractivity contribution >= 4 is 35.2 Å². The van der Waals surface area contributed by atoms with E-state index in [0.717, 1.165) is 6.08 Å².